The first-order chi connectivity index (χ1) is 7.81. The molecule has 0 unspecified atom stereocenters. The summed E-state index contributed by atoms with van der Waals surface area (Å²) in [6.45, 7) is 0. The molecule has 0 aliphatic heterocycles. The molecule has 1 fully saturated rings. The smallest absolute Gasteiger partial charge is 0.0908 e. The van der Waals surface area contributed by atoms with Crippen molar-refractivity contribution >= 4 is 0 Å². The average Bonchev–Trinajstić information content (AvgIpc) is 2.27. The summed E-state index contributed by atoms with van der Waals surface area (Å²) >= 11 is 0. The summed E-state index contributed by atoms with van der Waals surface area (Å²) in [5, 5.41) is 8.39. The molecular weight excluding hydrogens is 110 g/mol. The molecule has 48 valence electrons. The number of nitriles is 1. The van der Waals surface area contributed by atoms with Gasteiger partial charge in [-0.2, -0.15) is 5.26 Å². The van der Waals surface area contributed by atoms with Crippen molar-refractivity contribution in [1.29, 1.82) is 5.26 Å². The lowest BCUT2D eigenvalue weighted by molar-refractivity contribution is 0.686. The van der Waals surface area contributed by atoms with E-state index in [1.807, 2.05) is 0 Å². The van der Waals surface area contributed by atoms with E-state index in [-0.39, 0.29) is 0 Å². The molecule has 0 radical (unpaired) electrons. The van der Waals surface area contributed by atoms with E-state index in [2.05, 4.69) is 0 Å². The third kappa shape index (κ3) is 1.89. The Morgan fingerprint density at radius 1 is 1.67 bits per heavy atom. The van der Waals surface area contributed by atoms with Gasteiger partial charge in [0.1, 0.15) is 0 Å². The minimum Gasteiger partial charge on any atom is -0.193 e. The summed E-state index contributed by atoms with van der Waals surface area (Å²) < 4.78 is 68.1. The fourth-order valence-corrected chi connectivity index (χ4v) is 0.432. The zero-order valence-electron chi connectivity index (χ0n) is 13.6. The lowest BCUT2D eigenvalue weighted by atomic mass is 10.1. The molecule has 1 saturated carbocycles. The molecule has 0 heterocycles. The molecule has 9 heavy (non-hydrogen) atoms. The predicted molar refractivity (Wildman–Crippen MR) is 36.7 cm³/mol. The van der Waals surface area contributed by atoms with Gasteiger partial charge in [-0.25, -0.2) is 0 Å². The summed E-state index contributed by atoms with van der Waals surface area (Å²) in [7, 11) is 0. The van der Waals surface area contributed by atoms with Gasteiger partial charge in [-0.15, -0.1) is 0 Å². The van der Waals surface area contributed by atoms with Crippen LogP contribution >= 0.6 is 0 Å². The Labute approximate surface area is 68.6 Å². The van der Waals surface area contributed by atoms with Crippen LogP contribution in [-0.4, -0.2) is 0 Å². The molecule has 0 N–H and O–H groups in total. The predicted octanol–water partition coefficient (Wildman–Crippen LogP) is 2.26. The van der Waals surface area contributed by atoms with Crippen molar-refractivity contribution in [2.24, 2.45) is 5.89 Å². The number of hydrogen-bond donors (Lipinski definition) is 0. The number of nitrogens with zero attached hydrogens (tertiary/aromatic N) is 1. The van der Waals surface area contributed by atoms with Crippen molar-refractivity contribution < 1.29 is 12.3 Å². The zero-order valence-corrected chi connectivity index (χ0v) is 4.60. The molecule has 1 aliphatic rings. The maximum atomic E-state index is 8.39. The number of hydrogen-bond acceptors (Lipinski definition) is 1. The van der Waals surface area contributed by atoms with E-state index in [0.29, 0.717) is 12.2 Å². The van der Waals surface area contributed by atoms with Gasteiger partial charge in [-0.05, 0) is 18.6 Å². The maximum Gasteiger partial charge on any atom is 0.0908 e. The number of rotatable bonds is 1. The van der Waals surface area contributed by atoms with Gasteiger partial charge in [0.25, 0.3) is 0 Å². The minimum atomic E-state index is -3.20. The Morgan fingerprint density at radius 3 is 2.89 bits per heavy atom. The summed E-state index contributed by atoms with van der Waals surface area (Å²) in [5.41, 5.74) is 0. The fraction of sp³-hybridized carbons (Fsp3) is 0.625. The van der Waals surface area contributed by atoms with Crippen molar-refractivity contribution in [3.8, 4) is 6.07 Å². The average molecular weight is 130 g/mol. The van der Waals surface area contributed by atoms with E-state index >= 15 is 0 Å². The normalized spacial score (nSPS) is 61.4. The van der Waals surface area contributed by atoms with Gasteiger partial charge in [0.2, 0.25) is 0 Å². The van der Waals surface area contributed by atoms with Crippen molar-refractivity contribution in [2.45, 2.75) is 25.5 Å². The van der Waals surface area contributed by atoms with E-state index in [1.54, 1.807) is 0 Å². The highest BCUT2D eigenvalue weighted by molar-refractivity contribution is 5.04. The van der Waals surface area contributed by atoms with Crippen LogP contribution in [0.4, 0.5) is 0 Å². The molecule has 1 rings (SSSR count). The quantitative estimate of drug-likeness (QED) is 0.499. The van der Waals surface area contributed by atoms with Gasteiger partial charge in [-0.1, -0.05) is 18.8 Å². The van der Waals surface area contributed by atoms with Crippen LogP contribution in [0.3, 0.4) is 0 Å². The molecule has 0 atom stereocenters. The van der Waals surface area contributed by atoms with Crippen LogP contribution in [0.5, 0.6) is 0 Å². The summed E-state index contributed by atoms with van der Waals surface area (Å²) in [6.07, 6.45) is -11.4. The molecule has 1 aliphatic carbocycles. The lowest BCUT2D eigenvalue weighted by Gasteiger charge is -1.95. The Balaban J connectivity index is 3.64. The second-order valence-corrected chi connectivity index (χ2v) is 1.38. The van der Waals surface area contributed by atoms with Crippen molar-refractivity contribution in [3.63, 3.8) is 0 Å². The van der Waals surface area contributed by atoms with Crippen LogP contribution in [0.15, 0.2) is 12.2 Å². The lowest BCUT2D eigenvalue weighted by Crippen LogP contribution is -1.83. The van der Waals surface area contributed by atoms with Crippen LogP contribution in [0, 0.1) is 17.2 Å². The first-order valence-electron chi connectivity index (χ1n) is 6.88. The topological polar surface area (TPSA) is 23.8 Å². The molecule has 0 aromatic heterocycles. The minimum absolute atomic E-state index is 0.579. The Morgan fingerprint density at radius 2 is 2.33 bits per heavy atom. The maximum absolute atomic E-state index is 8.39. The van der Waals surface area contributed by atoms with Gasteiger partial charge >= 0.3 is 0 Å². The Bertz CT molecular complexity index is 404. The molecule has 1 nitrogen and oxygen atoms in total. The van der Waals surface area contributed by atoms with Gasteiger partial charge in [0.05, 0.1) is 6.07 Å². The van der Waals surface area contributed by atoms with E-state index in [0.717, 1.165) is 0 Å². The number of allylic oxidation sites excluding steroid dienone is 2. The highest BCUT2D eigenvalue weighted by Gasteiger charge is 2.10. The monoisotopic (exact) mass is 130 g/mol. The molecule has 0 saturated heterocycles. The first-order valence-corrected chi connectivity index (χ1v) is 2.38. The Kier molecular flexibility index (Phi) is 0.530. The molecule has 0 aromatic carbocycles. The van der Waals surface area contributed by atoms with Crippen molar-refractivity contribution in [1.82, 2.24) is 0 Å². The first kappa shape index (κ1) is 1.45. The summed E-state index contributed by atoms with van der Waals surface area (Å²) in [6, 6.07) is 1.47. The molecule has 1 heteroatoms. The molecule has 0 aromatic rings. The molecule has 0 bridgehead atoms. The van der Waals surface area contributed by atoms with Crippen molar-refractivity contribution in [2.75, 3.05) is 0 Å². The zero-order chi connectivity index (χ0) is 14.6. The van der Waals surface area contributed by atoms with Gasteiger partial charge in [-0.3, -0.25) is 0 Å². The van der Waals surface area contributed by atoms with Crippen LogP contribution in [0.2, 0.25) is 0 Å². The second kappa shape index (κ2) is 3.29. The summed E-state index contributed by atoms with van der Waals surface area (Å²) in [5.74, 6) is -2.83. The summed E-state index contributed by atoms with van der Waals surface area (Å²) in [4.78, 5) is 0. The van der Waals surface area contributed by atoms with E-state index in [1.165, 1.54) is 6.07 Å². The van der Waals surface area contributed by atoms with E-state index < -0.39 is 31.4 Å². The van der Waals surface area contributed by atoms with Crippen LogP contribution < -0.4 is 0 Å². The molecular formula is C8H11N. The highest BCUT2D eigenvalue weighted by atomic mass is 14.2. The van der Waals surface area contributed by atoms with Crippen LogP contribution in [0.25, 0.3) is 0 Å². The fourth-order valence-electron chi connectivity index (χ4n) is 0.432. The standard InChI is InChI=1S/C8H11N/c9-7-3-6-8-4-1-2-5-8/h3,6,8H,1-2,4-5H2/b6-3+/i1D2,2D2,4D2,5D2,8D. The van der Waals surface area contributed by atoms with E-state index in [9.17, 15) is 0 Å². The van der Waals surface area contributed by atoms with Gasteiger partial charge in [0.15, 0.2) is 0 Å². The Hall–Kier alpha value is -0.770. The van der Waals surface area contributed by atoms with Crippen LogP contribution in [-0.2, 0) is 0 Å². The SMILES string of the molecule is [2H]C1([2H])C([2H])([2H])C([2H])([2H])C([2H])(/C=C/C#N)C1([2H])[2H]. The second-order valence-electron chi connectivity index (χ2n) is 1.38. The third-order valence-electron chi connectivity index (χ3n) is 0.781. The molecule has 0 spiro atoms. The van der Waals surface area contributed by atoms with Crippen molar-refractivity contribution in [3.05, 3.63) is 12.2 Å². The third-order valence-corrected chi connectivity index (χ3v) is 0.781. The van der Waals surface area contributed by atoms with E-state index in [4.69, 9.17) is 17.6 Å². The highest BCUT2D eigenvalue weighted by Crippen LogP contribution is 2.25. The van der Waals surface area contributed by atoms with Gasteiger partial charge in [0, 0.05) is 18.4 Å². The molecule has 0 amide bonds. The largest absolute Gasteiger partial charge is 0.193 e. The van der Waals surface area contributed by atoms with Crippen LogP contribution in [0.1, 0.15) is 37.8 Å². The van der Waals surface area contributed by atoms with Gasteiger partial charge < -0.3 is 0 Å².